The van der Waals surface area contributed by atoms with Crippen LogP contribution in [-0.4, -0.2) is 79.3 Å². The number of aldehydes is 1. The average molecular weight is 628 g/mol. The molecule has 1 aromatic rings. The summed E-state index contributed by atoms with van der Waals surface area (Å²) in [6.07, 6.45) is 3.04. The maximum Gasteiger partial charge on any atom is 0.315 e. The molecule has 38 heavy (non-hydrogen) atoms. The van der Waals surface area contributed by atoms with E-state index in [1.165, 1.54) is 0 Å². The molecule has 4 amide bonds. The smallest absolute Gasteiger partial charge is 0.315 e. The summed E-state index contributed by atoms with van der Waals surface area (Å²) >= 11 is 26.1. The Morgan fingerprint density at radius 1 is 0.947 bits per heavy atom. The first-order chi connectivity index (χ1) is 18.1. The van der Waals surface area contributed by atoms with Crippen LogP contribution in [0.15, 0.2) is 0 Å². The molecule has 0 bridgehead atoms. The molecule has 3 unspecified atom stereocenters. The third-order valence-corrected chi connectivity index (χ3v) is 9.24. The summed E-state index contributed by atoms with van der Waals surface area (Å²) in [6.45, 7) is 0.812. The van der Waals surface area contributed by atoms with Crippen LogP contribution in [0, 0.1) is 0 Å². The third kappa shape index (κ3) is 7.67. The highest BCUT2D eigenvalue weighted by Crippen LogP contribution is 2.41. The summed E-state index contributed by atoms with van der Waals surface area (Å²) in [5, 5.41) is 10.3. The molecular formula is C23H26Cl4N4O6S. The number of thioether (sulfide) groups is 1. The minimum absolute atomic E-state index is 0.0143. The van der Waals surface area contributed by atoms with Crippen LogP contribution < -0.4 is 21.3 Å². The molecule has 3 atom stereocenters. The maximum atomic E-state index is 12.5. The number of benzene rings is 1. The van der Waals surface area contributed by atoms with E-state index in [2.05, 4.69) is 21.3 Å². The molecule has 2 aliphatic heterocycles. The molecule has 15 heteroatoms. The van der Waals surface area contributed by atoms with Crippen LogP contribution in [-0.2, 0) is 14.3 Å². The van der Waals surface area contributed by atoms with E-state index in [-0.39, 0.29) is 81.3 Å². The number of ketones is 1. The Labute approximate surface area is 243 Å². The molecule has 2 aliphatic rings. The van der Waals surface area contributed by atoms with Crippen LogP contribution in [0.3, 0.4) is 0 Å². The van der Waals surface area contributed by atoms with Crippen molar-refractivity contribution in [2.24, 2.45) is 0 Å². The number of carbonyl (C=O) groups is 5. The van der Waals surface area contributed by atoms with Crippen LogP contribution in [0.25, 0.3) is 0 Å². The van der Waals surface area contributed by atoms with Gasteiger partial charge in [-0.05, 0) is 12.8 Å². The van der Waals surface area contributed by atoms with Gasteiger partial charge in [0.05, 0.1) is 56.5 Å². The van der Waals surface area contributed by atoms with Gasteiger partial charge < -0.3 is 26.0 Å². The second kappa shape index (κ2) is 14.6. The average Bonchev–Trinajstić information content (AvgIpc) is 3.44. The number of unbranched alkanes of at least 4 members (excludes halogenated alkanes) is 1. The van der Waals surface area contributed by atoms with E-state index >= 15 is 0 Å². The number of Topliss-reactive ketones (excluding diaryl/α,β-unsaturated/α-hetero) is 1. The van der Waals surface area contributed by atoms with Gasteiger partial charge in [-0.15, -0.1) is 0 Å². The van der Waals surface area contributed by atoms with Crippen molar-refractivity contribution in [1.29, 1.82) is 0 Å². The molecule has 10 nitrogen and oxygen atoms in total. The molecule has 0 radical (unpaired) electrons. The fraction of sp³-hybridized carbons (Fsp3) is 0.522. The Kier molecular flexibility index (Phi) is 11.8. The number of ether oxygens (including phenoxy) is 1. The second-order valence-corrected chi connectivity index (χ2v) is 11.4. The summed E-state index contributed by atoms with van der Waals surface area (Å²) in [7, 11) is 0. The number of urea groups is 1. The molecule has 2 heterocycles. The first-order valence-electron chi connectivity index (χ1n) is 11.8. The largest absolute Gasteiger partial charge is 0.378 e. The van der Waals surface area contributed by atoms with Crippen LogP contribution in [0.5, 0.6) is 0 Å². The fourth-order valence-electron chi connectivity index (χ4n) is 4.16. The predicted octanol–water partition coefficient (Wildman–Crippen LogP) is 3.27. The van der Waals surface area contributed by atoms with Gasteiger partial charge in [-0.1, -0.05) is 52.8 Å². The van der Waals surface area contributed by atoms with Gasteiger partial charge in [0.1, 0.15) is 0 Å². The Bertz CT molecular complexity index is 1080. The van der Waals surface area contributed by atoms with Gasteiger partial charge in [0.2, 0.25) is 11.7 Å². The van der Waals surface area contributed by atoms with Gasteiger partial charge in [0.25, 0.3) is 5.91 Å². The Morgan fingerprint density at radius 3 is 2.24 bits per heavy atom. The van der Waals surface area contributed by atoms with E-state index in [1.807, 2.05) is 11.8 Å². The maximum absolute atomic E-state index is 12.5. The van der Waals surface area contributed by atoms with Crippen LogP contribution in [0.4, 0.5) is 4.79 Å². The van der Waals surface area contributed by atoms with E-state index in [0.717, 1.165) is 25.0 Å². The van der Waals surface area contributed by atoms with Crippen LogP contribution in [0.2, 0.25) is 20.1 Å². The summed E-state index contributed by atoms with van der Waals surface area (Å²) in [5.41, 5.74) is -0.600. The van der Waals surface area contributed by atoms with Gasteiger partial charge in [-0.3, -0.25) is 19.2 Å². The Balaban J connectivity index is 1.27. The lowest BCUT2D eigenvalue weighted by Crippen LogP contribution is -2.36. The van der Waals surface area contributed by atoms with Gasteiger partial charge in [-0.25, -0.2) is 4.79 Å². The molecule has 3 rings (SSSR count). The van der Waals surface area contributed by atoms with E-state index in [9.17, 15) is 24.0 Å². The highest BCUT2D eigenvalue weighted by atomic mass is 35.5. The lowest BCUT2D eigenvalue weighted by Gasteiger charge is -2.16. The lowest BCUT2D eigenvalue weighted by atomic mass is 10.0. The van der Waals surface area contributed by atoms with Crippen molar-refractivity contribution >= 4 is 88.1 Å². The van der Waals surface area contributed by atoms with E-state index in [4.69, 9.17) is 51.1 Å². The van der Waals surface area contributed by atoms with Crippen molar-refractivity contribution in [1.82, 2.24) is 21.3 Å². The van der Waals surface area contributed by atoms with E-state index in [0.29, 0.717) is 18.2 Å². The number of nitrogens with one attached hydrogen (secondary N) is 4. The van der Waals surface area contributed by atoms with Crippen LogP contribution >= 0.6 is 58.2 Å². The molecule has 0 saturated carbocycles. The van der Waals surface area contributed by atoms with Crippen molar-refractivity contribution in [3.63, 3.8) is 0 Å². The van der Waals surface area contributed by atoms with Gasteiger partial charge >= 0.3 is 6.03 Å². The number of hydrogen-bond donors (Lipinski definition) is 4. The highest BCUT2D eigenvalue weighted by Gasteiger charge is 2.42. The summed E-state index contributed by atoms with van der Waals surface area (Å²) in [5.74, 6) is -0.858. The molecule has 4 N–H and O–H groups in total. The van der Waals surface area contributed by atoms with Crippen molar-refractivity contribution in [2.75, 3.05) is 32.1 Å². The SMILES string of the molecule is O=CC(=O)c1c(Cl)c(Cl)c(C(=O)NCCOCCNC(=O)CCCCC2SCC3NC(=O)NC32)c(Cl)c1Cl. The number of fused-ring (bicyclic) bond motifs is 1. The Hall–Kier alpha value is -1.76. The van der Waals surface area contributed by atoms with E-state index < -0.39 is 11.7 Å². The van der Waals surface area contributed by atoms with E-state index in [1.54, 1.807) is 0 Å². The zero-order valence-electron chi connectivity index (χ0n) is 20.0. The monoisotopic (exact) mass is 626 g/mol. The molecule has 0 aliphatic carbocycles. The quantitative estimate of drug-likeness (QED) is 0.0619. The van der Waals surface area contributed by atoms with Gasteiger partial charge in [0, 0.05) is 30.5 Å². The van der Waals surface area contributed by atoms with Crippen molar-refractivity contribution in [3.05, 3.63) is 31.2 Å². The zero-order valence-corrected chi connectivity index (χ0v) is 23.9. The van der Waals surface area contributed by atoms with Gasteiger partial charge in [-0.2, -0.15) is 11.8 Å². The van der Waals surface area contributed by atoms with Gasteiger partial charge in [0.15, 0.2) is 6.29 Å². The van der Waals surface area contributed by atoms with Crippen molar-refractivity contribution in [3.8, 4) is 0 Å². The first kappa shape index (κ1) is 30.8. The molecule has 0 spiro atoms. The number of carbonyl (C=O) groups excluding carboxylic acids is 5. The standard InChI is InChI=1S/C23H26Cl4N4O6S/c24-17-15(12(33)9-32)18(25)20(27)16(19(17)26)22(35)29-6-8-37-7-5-28-14(34)4-2-1-3-13-21-11(10-38-13)30-23(36)31-21/h9,11,13,21H,1-8,10H2,(H,28,34)(H,29,35)(H2,30,31,36). The summed E-state index contributed by atoms with van der Waals surface area (Å²) in [4.78, 5) is 58.5. The minimum Gasteiger partial charge on any atom is -0.378 e. The Morgan fingerprint density at radius 2 is 1.58 bits per heavy atom. The predicted molar refractivity (Wildman–Crippen MR) is 147 cm³/mol. The number of halogens is 4. The number of amides is 4. The molecular weight excluding hydrogens is 602 g/mol. The normalized spacial score (nSPS) is 19.9. The second-order valence-electron chi connectivity index (χ2n) is 8.57. The van der Waals surface area contributed by atoms with Crippen LogP contribution in [0.1, 0.15) is 46.4 Å². The minimum atomic E-state index is -1.02. The summed E-state index contributed by atoms with van der Waals surface area (Å²) in [6, 6.07) is 0.278. The fourth-order valence-corrected chi connectivity index (χ4v) is 6.91. The number of hydrogen-bond acceptors (Lipinski definition) is 7. The third-order valence-electron chi connectivity index (χ3n) is 6.03. The zero-order chi connectivity index (χ0) is 27.8. The van der Waals surface area contributed by atoms with Crippen molar-refractivity contribution in [2.45, 2.75) is 43.0 Å². The molecule has 2 fully saturated rings. The molecule has 2 saturated heterocycles. The lowest BCUT2D eigenvalue weighted by molar-refractivity contribution is -0.121. The molecule has 0 aromatic heterocycles. The highest BCUT2D eigenvalue weighted by molar-refractivity contribution is 8.00. The summed E-state index contributed by atoms with van der Waals surface area (Å²) < 4.78 is 5.41. The topological polar surface area (TPSA) is 143 Å². The number of rotatable bonds is 14. The first-order valence-corrected chi connectivity index (χ1v) is 14.4. The molecule has 208 valence electrons. The molecule has 1 aromatic carbocycles. The van der Waals surface area contributed by atoms with Crippen molar-refractivity contribution < 1.29 is 28.7 Å².